The number of amides is 2. The molecule has 0 unspecified atom stereocenters. The number of carbonyl (C=O) groups is 2. The van der Waals surface area contributed by atoms with Gasteiger partial charge in [-0.25, -0.2) is 9.59 Å². The second-order valence-electron chi connectivity index (χ2n) is 6.66. The monoisotopic (exact) mass is 480 g/mol. The van der Waals surface area contributed by atoms with Crippen molar-refractivity contribution in [3.05, 3.63) is 69.3 Å². The molecule has 2 aromatic carbocycles. The van der Waals surface area contributed by atoms with Gasteiger partial charge in [-0.05, 0) is 55.1 Å². The van der Waals surface area contributed by atoms with Gasteiger partial charge in [0.1, 0.15) is 12.4 Å². The van der Waals surface area contributed by atoms with Gasteiger partial charge in [-0.1, -0.05) is 29.3 Å². The number of hydrogen-bond acceptors (Lipinski definition) is 5. The zero-order chi connectivity index (χ0) is 22.5. The predicted octanol–water partition coefficient (Wildman–Crippen LogP) is 5.31. The van der Waals surface area contributed by atoms with E-state index in [4.69, 9.17) is 32.7 Å². The number of urea groups is 1. The van der Waals surface area contributed by atoms with E-state index in [1.54, 1.807) is 43.9 Å². The van der Waals surface area contributed by atoms with Crippen molar-refractivity contribution in [1.29, 1.82) is 0 Å². The van der Waals surface area contributed by atoms with Crippen molar-refractivity contribution in [2.45, 2.75) is 17.9 Å². The van der Waals surface area contributed by atoms with Gasteiger partial charge >= 0.3 is 12.0 Å². The molecule has 31 heavy (non-hydrogen) atoms. The molecule has 0 saturated carbocycles. The van der Waals surface area contributed by atoms with Crippen LogP contribution in [0.5, 0.6) is 5.75 Å². The molecule has 1 aliphatic rings. The number of rotatable bonds is 7. The fourth-order valence-corrected chi connectivity index (χ4v) is 3.86. The number of ether oxygens (including phenoxy) is 2. The summed E-state index contributed by atoms with van der Waals surface area (Å²) < 4.78 is 11.2. The van der Waals surface area contributed by atoms with Crippen molar-refractivity contribution >= 4 is 47.0 Å². The fourth-order valence-electron chi connectivity index (χ4n) is 3.15. The van der Waals surface area contributed by atoms with Gasteiger partial charge in [-0.15, -0.1) is 11.8 Å². The summed E-state index contributed by atoms with van der Waals surface area (Å²) in [4.78, 5) is 28.0. The SMILES string of the molecule is CCOC(=O)C1=C(COc2ccc(SC)cc2)N(C)C(=O)N[C@@H]1c1ccc(Cl)c(Cl)c1. The van der Waals surface area contributed by atoms with Gasteiger partial charge in [0.05, 0.1) is 34.0 Å². The maximum absolute atomic E-state index is 12.9. The van der Waals surface area contributed by atoms with Gasteiger partial charge in [-0.2, -0.15) is 0 Å². The van der Waals surface area contributed by atoms with Gasteiger partial charge < -0.3 is 14.8 Å². The maximum atomic E-state index is 12.9. The molecule has 0 saturated heterocycles. The van der Waals surface area contributed by atoms with Crippen LogP contribution in [0.15, 0.2) is 58.6 Å². The van der Waals surface area contributed by atoms with E-state index >= 15 is 0 Å². The van der Waals surface area contributed by atoms with E-state index in [1.807, 2.05) is 30.5 Å². The summed E-state index contributed by atoms with van der Waals surface area (Å²) in [7, 11) is 1.58. The first-order valence-corrected chi connectivity index (χ1v) is 11.5. The number of halogens is 2. The molecule has 1 N–H and O–H groups in total. The second-order valence-corrected chi connectivity index (χ2v) is 8.35. The Morgan fingerprint density at radius 1 is 1.16 bits per heavy atom. The molecule has 0 aliphatic carbocycles. The Morgan fingerprint density at radius 2 is 1.87 bits per heavy atom. The van der Waals surface area contributed by atoms with Crippen LogP contribution in [0, 0.1) is 0 Å². The lowest BCUT2D eigenvalue weighted by atomic mass is 9.94. The van der Waals surface area contributed by atoms with E-state index < -0.39 is 12.0 Å². The quantitative estimate of drug-likeness (QED) is 0.429. The number of likely N-dealkylation sites (N-methyl/N-ethyl adjacent to an activating group) is 1. The van der Waals surface area contributed by atoms with Gasteiger partial charge in [0, 0.05) is 11.9 Å². The maximum Gasteiger partial charge on any atom is 0.338 e. The van der Waals surface area contributed by atoms with Gasteiger partial charge in [0.25, 0.3) is 0 Å². The van der Waals surface area contributed by atoms with Gasteiger partial charge in [0.15, 0.2) is 0 Å². The van der Waals surface area contributed by atoms with Crippen LogP contribution in [0.2, 0.25) is 10.0 Å². The van der Waals surface area contributed by atoms with E-state index in [2.05, 4.69) is 5.32 Å². The summed E-state index contributed by atoms with van der Waals surface area (Å²) in [5, 5.41) is 3.53. The molecule has 2 amide bonds. The molecular formula is C22H22Cl2N2O4S. The summed E-state index contributed by atoms with van der Waals surface area (Å²) in [5.74, 6) is 0.0840. The molecule has 3 rings (SSSR count). The molecule has 1 atom stereocenters. The Balaban J connectivity index is 2.01. The van der Waals surface area contributed by atoms with Crippen molar-refractivity contribution in [3.8, 4) is 5.75 Å². The zero-order valence-corrected chi connectivity index (χ0v) is 19.6. The second kappa shape index (κ2) is 10.3. The Morgan fingerprint density at radius 3 is 2.48 bits per heavy atom. The van der Waals surface area contributed by atoms with Crippen molar-refractivity contribution in [3.63, 3.8) is 0 Å². The summed E-state index contributed by atoms with van der Waals surface area (Å²) >= 11 is 13.8. The smallest absolute Gasteiger partial charge is 0.338 e. The average Bonchev–Trinajstić information content (AvgIpc) is 2.76. The van der Waals surface area contributed by atoms with Crippen LogP contribution < -0.4 is 10.1 Å². The molecular weight excluding hydrogens is 459 g/mol. The predicted molar refractivity (Wildman–Crippen MR) is 123 cm³/mol. The van der Waals surface area contributed by atoms with Crippen LogP contribution in [0.4, 0.5) is 4.79 Å². The lowest BCUT2D eigenvalue weighted by Gasteiger charge is -2.34. The largest absolute Gasteiger partial charge is 0.487 e. The molecule has 0 fully saturated rings. The van der Waals surface area contributed by atoms with Crippen LogP contribution >= 0.6 is 35.0 Å². The Bertz CT molecular complexity index is 1010. The molecule has 164 valence electrons. The number of benzene rings is 2. The van der Waals surface area contributed by atoms with Crippen molar-refractivity contribution in [1.82, 2.24) is 10.2 Å². The highest BCUT2D eigenvalue weighted by Crippen LogP contribution is 2.34. The molecule has 0 spiro atoms. The third-order valence-electron chi connectivity index (χ3n) is 4.78. The molecule has 0 radical (unpaired) electrons. The number of carbonyl (C=O) groups excluding carboxylic acids is 2. The Hall–Kier alpha value is -2.35. The molecule has 0 bridgehead atoms. The minimum absolute atomic E-state index is 0.00844. The van der Waals surface area contributed by atoms with Crippen molar-refractivity contribution in [2.75, 3.05) is 26.5 Å². The topological polar surface area (TPSA) is 67.9 Å². The van der Waals surface area contributed by atoms with Gasteiger partial charge in [0.2, 0.25) is 0 Å². The Labute approximate surface area is 195 Å². The lowest BCUT2D eigenvalue weighted by Crippen LogP contribution is -2.48. The van der Waals surface area contributed by atoms with Crippen molar-refractivity contribution < 1.29 is 19.1 Å². The highest BCUT2D eigenvalue weighted by Gasteiger charge is 2.37. The van der Waals surface area contributed by atoms with E-state index in [0.29, 0.717) is 27.1 Å². The van der Waals surface area contributed by atoms with Crippen LogP contribution in [-0.2, 0) is 9.53 Å². The summed E-state index contributed by atoms with van der Waals surface area (Å²) in [6, 6.07) is 11.4. The minimum atomic E-state index is -0.755. The normalized spacial score (nSPS) is 16.2. The highest BCUT2D eigenvalue weighted by atomic mass is 35.5. The van der Waals surface area contributed by atoms with E-state index in [-0.39, 0.29) is 24.8 Å². The number of esters is 1. The molecule has 1 heterocycles. The first-order valence-electron chi connectivity index (χ1n) is 9.51. The van der Waals surface area contributed by atoms with Crippen LogP contribution in [0.25, 0.3) is 0 Å². The first-order chi connectivity index (χ1) is 14.8. The third-order valence-corrected chi connectivity index (χ3v) is 6.27. The van der Waals surface area contributed by atoms with Gasteiger partial charge in [-0.3, -0.25) is 4.90 Å². The number of nitrogens with one attached hydrogen (secondary N) is 1. The van der Waals surface area contributed by atoms with E-state index in [0.717, 1.165) is 4.90 Å². The van der Waals surface area contributed by atoms with Crippen molar-refractivity contribution in [2.24, 2.45) is 0 Å². The molecule has 9 heteroatoms. The molecule has 6 nitrogen and oxygen atoms in total. The average molecular weight is 481 g/mol. The number of nitrogens with zero attached hydrogens (tertiary/aromatic N) is 1. The standard InChI is InChI=1S/C22H22Cl2N2O4S/c1-4-29-21(27)19-18(12-30-14-6-8-15(31-3)9-7-14)26(2)22(28)25-20(19)13-5-10-16(23)17(24)11-13/h5-11,20H,4,12H2,1-3H3,(H,25,28)/t20-/m1/s1. The number of thioether (sulfide) groups is 1. The third kappa shape index (κ3) is 5.29. The minimum Gasteiger partial charge on any atom is -0.487 e. The summed E-state index contributed by atoms with van der Waals surface area (Å²) in [6.45, 7) is 1.92. The fraction of sp³-hybridized carbons (Fsp3) is 0.273. The van der Waals surface area contributed by atoms with Crippen LogP contribution in [-0.4, -0.2) is 43.4 Å². The van der Waals surface area contributed by atoms with E-state index in [9.17, 15) is 9.59 Å². The first kappa shape index (κ1) is 23.3. The molecule has 0 aromatic heterocycles. The number of hydrogen-bond donors (Lipinski definition) is 1. The highest BCUT2D eigenvalue weighted by molar-refractivity contribution is 7.98. The lowest BCUT2D eigenvalue weighted by molar-refractivity contribution is -0.139. The van der Waals surface area contributed by atoms with E-state index in [1.165, 1.54) is 4.90 Å². The molecule has 1 aliphatic heterocycles. The molecule has 2 aromatic rings. The zero-order valence-electron chi connectivity index (χ0n) is 17.3. The summed E-state index contributed by atoms with van der Waals surface area (Å²) in [5.41, 5.74) is 1.30. The van der Waals surface area contributed by atoms with Crippen LogP contribution in [0.3, 0.4) is 0 Å². The van der Waals surface area contributed by atoms with Crippen LogP contribution in [0.1, 0.15) is 18.5 Å². The summed E-state index contributed by atoms with van der Waals surface area (Å²) in [6.07, 6.45) is 1.99. The Kier molecular flexibility index (Phi) is 7.75.